The van der Waals surface area contributed by atoms with Crippen molar-refractivity contribution in [2.75, 3.05) is 18.4 Å². The molecule has 6 heteroatoms. The summed E-state index contributed by atoms with van der Waals surface area (Å²) in [5.41, 5.74) is -0.441. The average Bonchev–Trinajstić information content (AvgIpc) is 3.16. The van der Waals surface area contributed by atoms with Gasteiger partial charge in [0.25, 0.3) is 5.91 Å². The monoisotopic (exact) mass is 354 g/mol. The van der Waals surface area contributed by atoms with Crippen LogP contribution in [0, 0.1) is 5.41 Å². The number of hydrogen-bond acceptors (Lipinski definition) is 3. The van der Waals surface area contributed by atoms with Crippen molar-refractivity contribution in [3.8, 4) is 0 Å². The summed E-state index contributed by atoms with van der Waals surface area (Å²) in [7, 11) is 0. The summed E-state index contributed by atoms with van der Waals surface area (Å²) >= 11 is 0. The number of anilines is 1. The summed E-state index contributed by atoms with van der Waals surface area (Å²) in [4.78, 5) is 27.6. The van der Waals surface area contributed by atoms with Crippen molar-refractivity contribution in [3.63, 3.8) is 0 Å². The fourth-order valence-electron chi connectivity index (χ4n) is 3.41. The van der Waals surface area contributed by atoms with Crippen LogP contribution in [0.25, 0.3) is 0 Å². The van der Waals surface area contributed by atoms with E-state index >= 15 is 0 Å². The standard InChI is InChI=1S/C20H26N4O2/c1-19(2,3)18(26)23-14-10-20(11-15-23,24-13-7-12-21-24)17(25)22-16-8-5-4-6-9-16/h4-9,12-13H,10-11,14-15H2,1-3H3,(H,22,25). The molecular formula is C20H26N4O2. The van der Waals surface area contributed by atoms with Crippen LogP contribution in [-0.2, 0) is 15.1 Å². The van der Waals surface area contributed by atoms with Crippen LogP contribution < -0.4 is 5.32 Å². The number of hydrogen-bond donors (Lipinski definition) is 1. The molecule has 1 aromatic heterocycles. The first-order valence-corrected chi connectivity index (χ1v) is 8.99. The Labute approximate surface area is 154 Å². The van der Waals surface area contributed by atoms with E-state index in [1.54, 1.807) is 10.9 Å². The molecule has 3 rings (SSSR count). The maximum absolute atomic E-state index is 13.2. The summed E-state index contributed by atoms with van der Waals surface area (Å²) in [6.45, 7) is 6.85. The van der Waals surface area contributed by atoms with Crippen molar-refractivity contribution >= 4 is 17.5 Å². The molecule has 1 aromatic carbocycles. The number of likely N-dealkylation sites (tertiary alicyclic amines) is 1. The minimum Gasteiger partial charge on any atom is -0.342 e. The molecule has 1 saturated heterocycles. The zero-order valence-electron chi connectivity index (χ0n) is 15.6. The second kappa shape index (κ2) is 6.94. The second-order valence-corrected chi connectivity index (χ2v) is 7.84. The van der Waals surface area contributed by atoms with Gasteiger partial charge in [-0.25, -0.2) is 0 Å². The van der Waals surface area contributed by atoms with Crippen molar-refractivity contribution in [2.24, 2.45) is 5.41 Å². The fourth-order valence-corrected chi connectivity index (χ4v) is 3.41. The molecule has 1 aliphatic rings. The first-order valence-electron chi connectivity index (χ1n) is 8.99. The predicted octanol–water partition coefficient (Wildman–Crippen LogP) is 2.89. The maximum Gasteiger partial charge on any atom is 0.252 e. The highest BCUT2D eigenvalue weighted by atomic mass is 16.2. The summed E-state index contributed by atoms with van der Waals surface area (Å²) in [6, 6.07) is 11.3. The van der Waals surface area contributed by atoms with Gasteiger partial charge in [-0.15, -0.1) is 0 Å². The van der Waals surface area contributed by atoms with Crippen LogP contribution in [0.3, 0.4) is 0 Å². The van der Waals surface area contributed by atoms with Gasteiger partial charge in [0.15, 0.2) is 0 Å². The topological polar surface area (TPSA) is 67.2 Å². The van der Waals surface area contributed by atoms with Crippen molar-refractivity contribution in [1.82, 2.24) is 14.7 Å². The van der Waals surface area contributed by atoms with Gasteiger partial charge in [-0.05, 0) is 31.0 Å². The van der Waals surface area contributed by atoms with E-state index in [-0.39, 0.29) is 11.8 Å². The molecule has 0 radical (unpaired) electrons. The van der Waals surface area contributed by atoms with Gasteiger partial charge in [0.05, 0.1) is 0 Å². The van der Waals surface area contributed by atoms with E-state index in [4.69, 9.17) is 0 Å². The van der Waals surface area contributed by atoms with Gasteiger partial charge in [-0.1, -0.05) is 39.0 Å². The third-order valence-electron chi connectivity index (χ3n) is 4.92. The number of nitrogens with zero attached hydrogens (tertiary/aromatic N) is 3. The Kier molecular flexibility index (Phi) is 4.85. The third-order valence-corrected chi connectivity index (χ3v) is 4.92. The Morgan fingerprint density at radius 2 is 1.73 bits per heavy atom. The molecule has 1 fully saturated rings. The SMILES string of the molecule is CC(C)(C)C(=O)N1CCC(C(=O)Nc2ccccc2)(n2cccn2)CC1. The Hall–Kier alpha value is -2.63. The number of piperidine rings is 1. The number of carbonyl (C=O) groups is 2. The number of amides is 2. The smallest absolute Gasteiger partial charge is 0.252 e. The number of nitrogens with one attached hydrogen (secondary N) is 1. The Bertz CT molecular complexity index is 755. The molecule has 6 nitrogen and oxygen atoms in total. The molecule has 0 aliphatic carbocycles. The van der Waals surface area contributed by atoms with Gasteiger partial charge in [-0.3, -0.25) is 14.3 Å². The van der Waals surface area contributed by atoms with Crippen LogP contribution in [0.5, 0.6) is 0 Å². The first kappa shape index (κ1) is 18.2. The lowest BCUT2D eigenvalue weighted by atomic mass is 9.84. The quantitative estimate of drug-likeness (QED) is 0.922. The lowest BCUT2D eigenvalue weighted by Crippen LogP contribution is -2.55. The molecule has 138 valence electrons. The summed E-state index contributed by atoms with van der Waals surface area (Å²) in [5, 5.41) is 7.36. The zero-order valence-corrected chi connectivity index (χ0v) is 15.6. The lowest BCUT2D eigenvalue weighted by molar-refractivity contribution is -0.144. The van der Waals surface area contributed by atoms with E-state index in [2.05, 4.69) is 10.4 Å². The van der Waals surface area contributed by atoms with Gasteiger partial charge < -0.3 is 10.2 Å². The van der Waals surface area contributed by atoms with Crippen LogP contribution in [0.2, 0.25) is 0 Å². The number of carbonyl (C=O) groups excluding carboxylic acids is 2. The molecule has 2 heterocycles. The van der Waals surface area contributed by atoms with Gasteiger partial charge in [0, 0.05) is 36.6 Å². The van der Waals surface area contributed by atoms with Gasteiger partial charge in [0.2, 0.25) is 5.91 Å². The Balaban J connectivity index is 1.82. The first-order chi connectivity index (χ1) is 12.3. The van der Waals surface area contributed by atoms with E-state index in [1.165, 1.54) is 0 Å². The van der Waals surface area contributed by atoms with E-state index in [0.717, 1.165) is 5.69 Å². The van der Waals surface area contributed by atoms with Gasteiger partial charge in [0.1, 0.15) is 5.54 Å². The lowest BCUT2D eigenvalue weighted by Gasteiger charge is -2.42. The van der Waals surface area contributed by atoms with Gasteiger partial charge >= 0.3 is 0 Å². The minimum absolute atomic E-state index is 0.0877. The van der Waals surface area contributed by atoms with E-state index in [9.17, 15) is 9.59 Å². The van der Waals surface area contributed by atoms with E-state index in [0.29, 0.717) is 25.9 Å². The average molecular weight is 354 g/mol. The molecule has 0 bridgehead atoms. The normalized spacial score (nSPS) is 17.0. The highest BCUT2D eigenvalue weighted by Gasteiger charge is 2.45. The van der Waals surface area contributed by atoms with E-state index in [1.807, 2.05) is 68.3 Å². The molecule has 0 saturated carbocycles. The van der Waals surface area contributed by atoms with Crippen molar-refractivity contribution < 1.29 is 9.59 Å². The Morgan fingerprint density at radius 3 is 2.27 bits per heavy atom. The molecule has 2 amide bonds. The second-order valence-electron chi connectivity index (χ2n) is 7.84. The van der Waals surface area contributed by atoms with Crippen LogP contribution in [0.4, 0.5) is 5.69 Å². The molecule has 1 N–H and O–H groups in total. The number of rotatable bonds is 3. The third kappa shape index (κ3) is 3.49. The number of aromatic nitrogens is 2. The number of para-hydroxylation sites is 1. The number of benzene rings is 1. The molecule has 0 atom stereocenters. The van der Waals surface area contributed by atoms with Crippen LogP contribution in [0.15, 0.2) is 48.8 Å². The molecule has 26 heavy (non-hydrogen) atoms. The summed E-state index contributed by atoms with van der Waals surface area (Å²) < 4.78 is 1.74. The molecule has 1 aliphatic heterocycles. The van der Waals surface area contributed by atoms with Crippen molar-refractivity contribution in [3.05, 3.63) is 48.8 Å². The minimum atomic E-state index is -0.784. The van der Waals surface area contributed by atoms with Crippen molar-refractivity contribution in [2.45, 2.75) is 39.2 Å². The van der Waals surface area contributed by atoms with Crippen LogP contribution in [0.1, 0.15) is 33.6 Å². The van der Waals surface area contributed by atoms with Crippen LogP contribution in [-0.4, -0.2) is 39.6 Å². The van der Waals surface area contributed by atoms with Gasteiger partial charge in [-0.2, -0.15) is 5.10 Å². The predicted molar refractivity (Wildman–Crippen MR) is 101 cm³/mol. The molecule has 0 unspecified atom stereocenters. The highest BCUT2D eigenvalue weighted by molar-refractivity contribution is 5.97. The molecular weight excluding hydrogens is 328 g/mol. The summed E-state index contributed by atoms with van der Waals surface area (Å²) in [5.74, 6) is 0.0327. The largest absolute Gasteiger partial charge is 0.342 e. The zero-order chi connectivity index (χ0) is 18.8. The van der Waals surface area contributed by atoms with E-state index < -0.39 is 11.0 Å². The highest BCUT2D eigenvalue weighted by Crippen LogP contribution is 2.33. The molecule has 0 spiro atoms. The Morgan fingerprint density at radius 1 is 1.08 bits per heavy atom. The summed E-state index contributed by atoms with van der Waals surface area (Å²) in [6.07, 6.45) is 4.58. The van der Waals surface area contributed by atoms with Crippen molar-refractivity contribution in [1.29, 1.82) is 0 Å². The van der Waals surface area contributed by atoms with Crippen LogP contribution >= 0.6 is 0 Å². The fraction of sp³-hybridized carbons (Fsp3) is 0.450. The molecule has 2 aromatic rings. The maximum atomic E-state index is 13.2.